The van der Waals surface area contributed by atoms with Crippen molar-refractivity contribution in [2.75, 3.05) is 25.2 Å². The standard InChI is InChI=1S/C19H18ClF2NO3/c1-3-6-26-18-14(20)7-11(8-17(18)25-2)19(24)23-5-4-13-15(22)9-12(21)10-16(13)23/h7-10H,3-6H2,1-2H3. The number of amides is 1. The zero-order valence-electron chi connectivity index (χ0n) is 14.4. The first-order chi connectivity index (χ1) is 12.5. The molecule has 2 aromatic carbocycles. The van der Waals surface area contributed by atoms with Gasteiger partial charge in [0.25, 0.3) is 5.91 Å². The summed E-state index contributed by atoms with van der Waals surface area (Å²) in [6, 6.07) is 4.99. The summed E-state index contributed by atoms with van der Waals surface area (Å²) in [5.74, 6) is -1.07. The van der Waals surface area contributed by atoms with Gasteiger partial charge in [-0.25, -0.2) is 8.78 Å². The molecule has 0 bridgehead atoms. The molecule has 0 spiro atoms. The van der Waals surface area contributed by atoms with Crippen LogP contribution in [0.5, 0.6) is 11.5 Å². The first-order valence-corrected chi connectivity index (χ1v) is 8.64. The van der Waals surface area contributed by atoms with Crippen LogP contribution in [-0.4, -0.2) is 26.2 Å². The van der Waals surface area contributed by atoms with E-state index in [4.69, 9.17) is 21.1 Å². The number of fused-ring (bicyclic) bond motifs is 1. The van der Waals surface area contributed by atoms with E-state index in [1.165, 1.54) is 30.2 Å². The number of ether oxygens (including phenoxy) is 2. The highest BCUT2D eigenvalue weighted by molar-refractivity contribution is 6.32. The second kappa shape index (κ2) is 7.50. The number of rotatable bonds is 5. The molecule has 2 aromatic rings. The highest BCUT2D eigenvalue weighted by Crippen LogP contribution is 2.38. The van der Waals surface area contributed by atoms with Gasteiger partial charge in [0, 0.05) is 23.7 Å². The smallest absolute Gasteiger partial charge is 0.258 e. The number of carbonyl (C=O) groups is 1. The minimum atomic E-state index is -0.722. The van der Waals surface area contributed by atoms with Crippen LogP contribution < -0.4 is 14.4 Å². The molecule has 1 amide bonds. The summed E-state index contributed by atoms with van der Waals surface area (Å²) in [7, 11) is 1.45. The average molecular weight is 382 g/mol. The van der Waals surface area contributed by atoms with Crippen LogP contribution in [0.4, 0.5) is 14.5 Å². The Kier molecular flexibility index (Phi) is 5.32. The second-order valence-corrected chi connectivity index (χ2v) is 6.34. The molecule has 0 saturated carbocycles. The molecule has 1 aliphatic rings. The van der Waals surface area contributed by atoms with Gasteiger partial charge < -0.3 is 14.4 Å². The topological polar surface area (TPSA) is 38.8 Å². The molecule has 1 heterocycles. The fourth-order valence-corrected chi connectivity index (χ4v) is 3.24. The van der Waals surface area contributed by atoms with Gasteiger partial charge >= 0.3 is 0 Å². The SMILES string of the molecule is CCCOc1c(Cl)cc(C(=O)N2CCc3c(F)cc(F)cc32)cc1OC. The molecule has 0 unspecified atom stereocenters. The van der Waals surface area contributed by atoms with Gasteiger partial charge in [-0.15, -0.1) is 0 Å². The highest BCUT2D eigenvalue weighted by Gasteiger charge is 2.29. The van der Waals surface area contributed by atoms with Crippen LogP contribution >= 0.6 is 11.6 Å². The maximum Gasteiger partial charge on any atom is 0.258 e. The van der Waals surface area contributed by atoms with Crippen LogP contribution in [-0.2, 0) is 6.42 Å². The van der Waals surface area contributed by atoms with Gasteiger partial charge in [0.2, 0.25) is 0 Å². The van der Waals surface area contributed by atoms with Crippen molar-refractivity contribution in [1.29, 1.82) is 0 Å². The van der Waals surface area contributed by atoms with Crippen molar-refractivity contribution in [2.45, 2.75) is 19.8 Å². The van der Waals surface area contributed by atoms with E-state index < -0.39 is 17.5 Å². The molecule has 26 heavy (non-hydrogen) atoms. The van der Waals surface area contributed by atoms with E-state index in [0.29, 0.717) is 30.1 Å². The normalized spacial score (nSPS) is 12.9. The molecule has 3 rings (SSSR count). The second-order valence-electron chi connectivity index (χ2n) is 5.93. The number of halogens is 3. The number of carbonyl (C=O) groups excluding carboxylic acids is 1. The van der Waals surface area contributed by atoms with E-state index in [-0.39, 0.29) is 22.8 Å². The summed E-state index contributed by atoms with van der Waals surface area (Å²) in [6.07, 6.45) is 1.12. The largest absolute Gasteiger partial charge is 0.493 e. The van der Waals surface area contributed by atoms with Crippen LogP contribution in [0.15, 0.2) is 24.3 Å². The van der Waals surface area contributed by atoms with Crippen molar-refractivity contribution in [1.82, 2.24) is 0 Å². The first kappa shape index (κ1) is 18.5. The van der Waals surface area contributed by atoms with Crippen molar-refractivity contribution in [3.8, 4) is 11.5 Å². The van der Waals surface area contributed by atoms with Crippen molar-refractivity contribution < 1.29 is 23.0 Å². The Labute approximate surface area is 155 Å². The number of anilines is 1. The predicted molar refractivity (Wildman–Crippen MR) is 95.5 cm³/mol. The molecule has 138 valence electrons. The molecule has 1 aliphatic heterocycles. The third-order valence-electron chi connectivity index (χ3n) is 4.18. The van der Waals surface area contributed by atoms with Gasteiger partial charge in [0.05, 0.1) is 24.4 Å². The number of benzene rings is 2. The summed E-state index contributed by atoms with van der Waals surface area (Å²) < 4.78 is 38.3. The molecule has 0 radical (unpaired) electrons. The molecule has 0 aliphatic carbocycles. The van der Waals surface area contributed by atoms with Gasteiger partial charge in [0.15, 0.2) is 11.5 Å². The Morgan fingerprint density at radius 2 is 2.04 bits per heavy atom. The zero-order valence-corrected chi connectivity index (χ0v) is 15.2. The van der Waals surface area contributed by atoms with Crippen molar-refractivity contribution in [3.63, 3.8) is 0 Å². The molecular weight excluding hydrogens is 364 g/mol. The van der Waals surface area contributed by atoms with Gasteiger partial charge in [-0.3, -0.25) is 4.79 Å². The number of hydrogen-bond donors (Lipinski definition) is 0. The third kappa shape index (κ3) is 3.33. The molecule has 0 N–H and O–H groups in total. The van der Waals surface area contributed by atoms with E-state index in [9.17, 15) is 13.6 Å². The Bertz CT molecular complexity index is 857. The van der Waals surface area contributed by atoms with Gasteiger partial charge in [-0.2, -0.15) is 0 Å². The Balaban J connectivity index is 1.96. The zero-order chi connectivity index (χ0) is 18.8. The number of nitrogens with zero attached hydrogens (tertiary/aromatic N) is 1. The summed E-state index contributed by atoms with van der Waals surface area (Å²) in [5.41, 5.74) is 0.836. The van der Waals surface area contributed by atoms with Crippen LogP contribution in [0, 0.1) is 11.6 Å². The Hall–Kier alpha value is -2.34. The lowest BCUT2D eigenvalue weighted by Gasteiger charge is -2.19. The van der Waals surface area contributed by atoms with Crippen LogP contribution in [0.3, 0.4) is 0 Å². The lowest BCUT2D eigenvalue weighted by Crippen LogP contribution is -2.29. The first-order valence-electron chi connectivity index (χ1n) is 8.26. The molecule has 0 fully saturated rings. The van der Waals surface area contributed by atoms with Crippen LogP contribution in [0.1, 0.15) is 29.3 Å². The molecule has 7 heteroatoms. The molecule has 4 nitrogen and oxygen atoms in total. The maximum atomic E-state index is 13.9. The third-order valence-corrected chi connectivity index (χ3v) is 4.47. The van der Waals surface area contributed by atoms with Gasteiger partial charge in [-0.1, -0.05) is 18.5 Å². The van der Waals surface area contributed by atoms with Gasteiger partial charge in [0.1, 0.15) is 11.6 Å². The van der Waals surface area contributed by atoms with E-state index in [2.05, 4.69) is 0 Å². The maximum absolute atomic E-state index is 13.9. The van der Waals surface area contributed by atoms with Crippen LogP contribution in [0.2, 0.25) is 5.02 Å². The monoisotopic (exact) mass is 381 g/mol. The summed E-state index contributed by atoms with van der Waals surface area (Å²) >= 11 is 6.25. The number of hydrogen-bond acceptors (Lipinski definition) is 3. The molecule has 0 saturated heterocycles. The molecule has 0 atom stereocenters. The molecule has 0 aromatic heterocycles. The number of methoxy groups -OCH3 is 1. The minimum absolute atomic E-state index is 0.242. The van der Waals surface area contributed by atoms with Crippen molar-refractivity contribution in [3.05, 3.63) is 52.0 Å². The van der Waals surface area contributed by atoms with E-state index in [1.54, 1.807) is 0 Å². The summed E-state index contributed by atoms with van der Waals surface area (Å²) in [6.45, 7) is 2.69. The van der Waals surface area contributed by atoms with E-state index in [0.717, 1.165) is 12.5 Å². The molecular formula is C19H18ClF2NO3. The lowest BCUT2D eigenvalue weighted by atomic mass is 10.1. The van der Waals surface area contributed by atoms with Crippen molar-refractivity contribution >= 4 is 23.2 Å². The average Bonchev–Trinajstić information content (AvgIpc) is 3.03. The Morgan fingerprint density at radius 1 is 1.27 bits per heavy atom. The Morgan fingerprint density at radius 3 is 2.73 bits per heavy atom. The predicted octanol–water partition coefficient (Wildman–Crippen LogP) is 4.62. The van der Waals surface area contributed by atoms with Gasteiger partial charge in [-0.05, 0) is 31.0 Å². The van der Waals surface area contributed by atoms with E-state index >= 15 is 0 Å². The fourth-order valence-electron chi connectivity index (χ4n) is 2.98. The summed E-state index contributed by atoms with van der Waals surface area (Å²) in [5, 5.41) is 0.242. The lowest BCUT2D eigenvalue weighted by molar-refractivity contribution is 0.0989. The quantitative estimate of drug-likeness (QED) is 0.758. The minimum Gasteiger partial charge on any atom is -0.493 e. The highest BCUT2D eigenvalue weighted by atomic mass is 35.5. The van der Waals surface area contributed by atoms with Crippen molar-refractivity contribution in [2.24, 2.45) is 0 Å². The fraction of sp³-hybridized carbons (Fsp3) is 0.316. The summed E-state index contributed by atoms with van der Waals surface area (Å²) in [4.78, 5) is 14.3. The van der Waals surface area contributed by atoms with E-state index in [1.807, 2.05) is 6.92 Å². The van der Waals surface area contributed by atoms with Crippen LogP contribution in [0.25, 0.3) is 0 Å².